The van der Waals surface area contributed by atoms with Gasteiger partial charge in [-0.2, -0.15) is 0 Å². The van der Waals surface area contributed by atoms with Crippen LogP contribution < -0.4 is 10.6 Å². The molecule has 1 aromatic carbocycles. The maximum absolute atomic E-state index is 9.62. The molecule has 2 rings (SSSR count). The van der Waals surface area contributed by atoms with Crippen molar-refractivity contribution in [1.29, 1.82) is 0 Å². The lowest BCUT2D eigenvalue weighted by Crippen LogP contribution is -2.41. The number of aliphatic imine (C=N–C) groups is 1. The van der Waals surface area contributed by atoms with Crippen LogP contribution in [-0.2, 0) is 13.1 Å². The van der Waals surface area contributed by atoms with Gasteiger partial charge in [0.05, 0.1) is 6.10 Å². The Bertz CT molecular complexity index is 571. The van der Waals surface area contributed by atoms with Crippen molar-refractivity contribution in [2.75, 3.05) is 20.1 Å². The number of likely N-dealkylation sites (tertiary alicyclic amines) is 1. The van der Waals surface area contributed by atoms with Gasteiger partial charge in [0.1, 0.15) is 0 Å². The van der Waals surface area contributed by atoms with Crippen LogP contribution in [0.25, 0.3) is 0 Å². The zero-order valence-corrected chi connectivity index (χ0v) is 20.8. The Hall–Kier alpha value is -0.860. The van der Waals surface area contributed by atoms with E-state index in [2.05, 4.69) is 58.6 Å². The lowest BCUT2D eigenvalue weighted by molar-refractivity contribution is 0.0792. The van der Waals surface area contributed by atoms with Crippen LogP contribution in [0.1, 0.15) is 69.9 Å². The van der Waals surface area contributed by atoms with Gasteiger partial charge in [0.2, 0.25) is 0 Å². The summed E-state index contributed by atoms with van der Waals surface area (Å²) in [6, 6.07) is 9.27. The molecule has 1 heterocycles. The number of nitrogens with zero attached hydrogens (tertiary/aromatic N) is 2. The molecular weight excluding hydrogens is 475 g/mol. The van der Waals surface area contributed by atoms with Crippen molar-refractivity contribution in [3.05, 3.63) is 35.4 Å². The number of hydrogen-bond donors (Lipinski definition) is 3. The topological polar surface area (TPSA) is 59.9 Å². The molecule has 0 aliphatic carbocycles. The molecule has 1 aliphatic rings. The summed E-state index contributed by atoms with van der Waals surface area (Å²) in [7, 11) is 1.83. The van der Waals surface area contributed by atoms with Gasteiger partial charge in [-0.15, -0.1) is 24.0 Å². The smallest absolute Gasteiger partial charge is 0.191 e. The molecule has 0 spiro atoms. The predicted octanol–water partition coefficient (Wildman–Crippen LogP) is 4.29. The highest BCUT2D eigenvalue weighted by Gasteiger charge is 2.16. The first-order valence-corrected chi connectivity index (χ1v) is 11.1. The minimum Gasteiger partial charge on any atom is -0.393 e. The third kappa shape index (κ3) is 10.6. The average Bonchev–Trinajstić information content (AvgIpc) is 2.71. The number of nitrogens with one attached hydrogen (secondary N) is 2. The average molecular weight is 517 g/mol. The van der Waals surface area contributed by atoms with Crippen molar-refractivity contribution < 1.29 is 5.11 Å². The number of piperidine rings is 1. The Kier molecular flexibility index (Phi) is 13.6. The van der Waals surface area contributed by atoms with E-state index in [1.54, 1.807) is 0 Å². The fourth-order valence-electron chi connectivity index (χ4n) is 3.66. The van der Waals surface area contributed by atoms with Crippen molar-refractivity contribution >= 4 is 29.9 Å². The molecule has 29 heavy (non-hydrogen) atoms. The first-order valence-electron chi connectivity index (χ1n) is 11.1. The third-order valence-corrected chi connectivity index (χ3v) is 5.54. The highest BCUT2D eigenvalue weighted by atomic mass is 127. The van der Waals surface area contributed by atoms with E-state index in [-0.39, 0.29) is 30.1 Å². The Balaban J connectivity index is 0.00000420. The predicted molar refractivity (Wildman–Crippen MR) is 134 cm³/mol. The van der Waals surface area contributed by atoms with Gasteiger partial charge < -0.3 is 15.7 Å². The van der Waals surface area contributed by atoms with Crippen molar-refractivity contribution in [2.45, 2.75) is 84.0 Å². The van der Waals surface area contributed by atoms with Crippen molar-refractivity contribution in [2.24, 2.45) is 4.99 Å². The number of benzene rings is 1. The van der Waals surface area contributed by atoms with Gasteiger partial charge in [-0.1, -0.05) is 56.9 Å². The second-order valence-corrected chi connectivity index (χ2v) is 8.14. The van der Waals surface area contributed by atoms with Gasteiger partial charge in [-0.05, 0) is 37.3 Å². The van der Waals surface area contributed by atoms with Crippen LogP contribution in [0.2, 0.25) is 0 Å². The van der Waals surface area contributed by atoms with Gasteiger partial charge in [-0.25, -0.2) is 0 Å². The van der Waals surface area contributed by atoms with Crippen LogP contribution >= 0.6 is 24.0 Å². The minimum absolute atomic E-state index is 0. The molecule has 1 fully saturated rings. The number of aliphatic hydroxyl groups is 1. The van der Waals surface area contributed by atoms with E-state index in [0.717, 1.165) is 45.0 Å². The molecule has 166 valence electrons. The van der Waals surface area contributed by atoms with E-state index in [9.17, 15) is 5.11 Å². The minimum atomic E-state index is -0.105. The number of hydrogen-bond acceptors (Lipinski definition) is 3. The molecule has 0 radical (unpaired) electrons. The summed E-state index contributed by atoms with van der Waals surface area (Å²) in [6.45, 7) is 8.20. The summed E-state index contributed by atoms with van der Waals surface area (Å²) in [5.74, 6) is 0.874. The van der Waals surface area contributed by atoms with Gasteiger partial charge in [0, 0.05) is 39.3 Å². The fraction of sp³-hybridized carbons (Fsp3) is 0.696. The van der Waals surface area contributed by atoms with Gasteiger partial charge >= 0.3 is 0 Å². The Morgan fingerprint density at radius 2 is 1.79 bits per heavy atom. The maximum atomic E-state index is 9.62. The van der Waals surface area contributed by atoms with Crippen LogP contribution in [-0.4, -0.2) is 48.2 Å². The molecule has 1 saturated heterocycles. The first-order chi connectivity index (χ1) is 13.6. The molecule has 1 aliphatic heterocycles. The normalized spacial score (nSPS) is 16.9. The van der Waals surface area contributed by atoms with Crippen LogP contribution in [0.3, 0.4) is 0 Å². The molecule has 0 amide bonds. The molecule has 6 heteroatoms. The fourth-order valence-corrected chi connectivity index (χ4v) is 3.66. The standard InChI is InChI=1S/C23H40N4O.HI/c1-4-5-6-7-8-19(2)26-23(24-3)25-17-20-9-11-21(12-10-20)18-27-15-13-22(28)14-16-27;/h9-12,19,22,28H,4-8,13-18H2,1-3H3,(H2,24,25,26);1H. The number of unbranched alkanes of at least 4 members (excludes halogenated alkanes) is 3. The zero-order chi connectivity index (χ0) is 20.2. The van der Waals surface area contributed by atoms with Gasteiger partial charge in [0.15, 0.2) is 5.96 Å². The highest BCUT2D eigenvalue weighted by Crippen LogP contribution is 2.14. The van der Waals surface area contributed by atoms with E-state index in [1.807, 2.05) is 7.05 Å². The quantitative estimate of drug-likeness (QED) is 0.188. The van der Waals surface area contributed by atoms with Crippen LogP contribution in [0.5, 0.6) is 0 Å². The summed E-state index contributed by atoms with van der Waals surface area (Å²) >= 11 is 0. The molecule has 5 nitrogen and oxygen atoms in total. The van der Waals surface area contributed by atoms with Gasteiger partial charge in [0.25, 0.3) is 0 Å². The Morgan fingerprint density at radius 3 is 2.41 bits per heavy atom. The van der Waals surface area contributed by atoms with E-state index in [4.69, 9.17) is 0 Å². The monoisotopic (exact) mass is 516 g/mol. The lowest BCUT2D eigenvalue weighted by atomic mass is 10.1. The molecular formula is C23H41IN4O. The molecule has 1 atom stereocenters. The number of halogens is 1. The maximum Gasteiger partial charge on any atom is 0.191 e. The molecule has 0 saturated carbocycles. The second-order valence-electron chi connectivity index (χ2n) is 8.14. The Labute approximate surface area is 194 Å². The van der Waals surface area contributed by atoms with Gasteiger partial charge in [-0.3, -0.25) is 9.89 Å². The van der Waals surface area contributed by atoms with Crippen molar-refractivity contribution in [3.8, 4) is 0 Å². The van der Waals surface area contributed by atoms with Crippen molar-refractivity contribution in [3.63, 3.8) is 0 Å². The molecule has 3 N–H and O–H groups in total. The summed E-state index contributed by atoms with van der Waals surface area (Å²) in [5.41, 5.74) is 2.60. The Morgan fingerprint density at radius 1 is 1.14 bits per heavy atom. The van der Waals surface area contributed by atoms with E-state index in [0.29, 0.717) is 6.04 Å². The highest BCUT2D eigenvalue weighted by molar-refractivity contribution is 14.0. The first kappa shape index (κ1) is 26.2. The van der Waals surface area contributed by atoms with E-state index in [1.165, 1.54) is 43.2 Å². The second kappa shape index (κ2) is 15.0. The van der Waals surface area contributed by atoms with E-state index < -0.39 is 0 Å². The number of aliphatic hydroxyl groups excluding tert-OH is 1. The molecule has 0 aromatic heterocycles. The lowest BCUT2D eigenvalue weighted by Gasteiger charge is -2.29. The number of rotatable bonds is 10. The summed E-state index contributed by atoms with van der Waals surface area (Å²) in [4.78, 5) is 6.78. The summed E-state index contributed by atoms with van der Waals surface area (Å²) in [5, 5.41) is 16.5. The zero-order valence-electron chi connectivity index (χ0n) is 18.5. The summed E-state index contributed by atoms with van der Waals surface area (Å²) in [6.07, 6.45) is 8.07. The largest absolute Gasteiger partial charge is 0.393 e. The third-order valence-electron chi connectivity index (χ3n) is 5.54. The number of guanidine groups is 1. The van der Waals surface area contributed by atoms with E-state index >= 15 is 0 Å². The van der Waals surface area contributed by atoms with Crippen LogP contribution in [0.15, 0.2) is 29.3 Å². The molecule has 0 bridgehead atoms. The molecule has 1 aromatic rings. The SMILES string of the molecule is CCCCCCC(C)NC(=NC)NCc1ccc(CN2CCC(O)CC2)cc1.I. The van der Waals surface area contributed by atoms with Crippen LogP contribution in [0.4, 0.5) is 0 Å². The molecule has 1 unspecified atom stereocenters. The summed E-state index contributed by atoms with van der Waals surface area (Å²) < 4.78 is 0. The van der Waals surface area contributed by atoms with Crippen molar-refractivity contribution in [1.82, 2.24) is 15.5 Å². The van der Waals surface area contributed by atoms with Crippen LogP contribution in [0, 0.1) is 0 Å².